The minimum absolute atomic E-state index is 0.0959. The summed E-state index contributed by atoms with van der Waals surface area (Å²) in [5.74, 6) is 0. The fourth-order valence-corrected chi connectivity index (χ4v) is 2.73. The largest absolute Gasteiger partial charge is 0.445 e. The summed E-state index contributed by atoms with van der Waals surface area (Å²) in [6.45, 7) is 4.09. The van der Waals surface area contributed by atoms with Crippen LogP contribution in [0.3, 0.4) is 0 Å². The average molecular weight is 345 g/mol. The third-order valence-electron chi connectivity index (χ3n) is 4.03. The van der Waals surface area contributed by atoms with Gasteiger partial charge in [-0.1, -0.05) is 18.2 Å². The van der Waals surface area contributed by atoms with Crippen molar-refractivity contribution in [3.8, 4) is 5.69 Å². The molecule has 134 valence electrons. The standard InChI is InChI=1S/C18H23N3O4/c1-12-15(10-24-17(22)19-3)16(11-25-18(23)20-4)13(2)21(12)14-8-6-5-7-9-14/h5-9H,10-11H2,1-4H3,(H,19,22)(H,20,23). The molecule has 1 heterocycles. The van der Waals surface area contributed by atoms with E-state index in [9.17, 15) is 9.59 Å². The van der Waals surface area contributed by atoms with Crippen molar-refractivity contribution in [1.29, 1.82) is 0 Å². The molecule has 0 aliphatic heterocycles. The average Bonchev–Trinajstić information content (AvgIpc) is 2.87. The molecule has 1 aromatic carbocycles. The fourth-order valence-electron chi connectivity index (χ4n) is 2.73. The van der Waals surface area contributed by atoms with E-state index in [-0.39, 0.29) is 13.2 Å². The quantitative estimate of drug-likeness (QED) is 0.873. The van der Waals surface area contributed by atoms with Crippen molar-refractivity contribution in [2.75, 3.05) is 14.1 Å². The number of benzene rings is 1. The first kappa shape index (κ1) is 18.4. The lowest BCUT2D eigenvalue weighted by Gasteiger charge is -2.10. The molecule has 0 aliphatic rings. The molecule has 0 aliphatic carbocycles. The highest BCUT2D eigenvalue weighted by molar-refractivity contribution is 5.67. The van der Waals surface area contributed by atoms with E-state index in [2.05, 4.69) is 15.2 Å². The molecule has 7 nitrogen and oxygen atoms in total. The molecule has 0 radical (unpaired) electrons. The van der Waals surface area contributed by atoms with Crippen molar-refractivity contribution >= 4 is 12.2 Å². The number of alkyl carbamates (subject to hydrolysis) is 2. The Morgan fingerprint density at radius 1 is 0.880 bits per heavy atom. The van der Waals surface area contributed by atoms with E-state index in [1.807, 2.05) is 44.2 Å². The molecule has 0 atom stereocenters. The number of hydrogen-bond acceptors (Lipinski definition) is 4. The van der Waals surface area contributed by atoms with E-state index in [1.54, 1.807) is 0 Å². The first-order chi connectivity index (χ1) is 12.0. The lowest BCUT2D eigenvalue weighted by Crippen LogP contribution is -2.20. The molecule has 0 fully saturated rings. The SMILES string of the molecule is CNC(=O)OCc1c(COC(=O)NC)c(C)n(-c2ccccc2)c1C. The highest BCUT2D eigenvalue weighted by Crippen LogP contribution is 2.27. The Morgan fingerprint density at radius 2 is 1.32 bits per heavy atom. The van der Waals surface area contributed by atoms with Crippen molar-refractivity contribution in [1.82, 2.24) is 15.2 Å². The third-order valence-corrected chi connectivity index (χ3v) is 4.03. The molecule has 2 aromatic rings. The van der Waals surface area contributed by atoms with Gasteiger partial charge < -0.3 is 24.7 Å². The van der Waals surface area contributed by atoms with Crippen LogP contribution in [0.5, 0.6) is 0 Å². The number of para-hydroxylation sites is 1. The summed E-state index contributed by atoms with van der Waals surface area (Å²) in [5, 5.41) is 4.85. The number of hydrogen-bond donors (Lipinski definition) is 2. The van der Waals surface area contributed by atoms with Crippen molar-refractivity contribution in [2.24, 2.45) is 0 Å². The molecule has 0 unspecified atom stereocenters. The molecule has 2 amide bonds. The predicted molar refractivity (Wildman–Crippen MR) is 93.7 cm³/mol. The van der Waals surface area contributed by atoms with E-state index in [4.69, 9.17) is 9.47 Å². The van der Waals surface area contributed by atoms with Gasteiger partial charge in [-0.05, 0) is 26.0 Å². The number of rotatable bonds is 5. The Morgan fingerprint density at radius 3 is 1.72 bits per heavy atom. The van der Waals surface area contributed by atoms with Crippen LogP contribution in [0.2, 0.25) is 0 Å². The van der Waals surface area contributed by atoms with Crippen molar-refractivity contribution in [3.63, 3.8) is 0 Å². The van der Waals surface area contributed by atoms with E-state index < -0.39 is 12.2 Å². The van der Waals surface area contributed by atoms with Crippen LogP contribution < -0.4 is 10.6 Å². The van der Waals surface area contributed by atoms with Crippen LogP contribution in [-0.2, 0) is 22.7 Å². The van der Waals surface area contributed by atoms with Gasteiger partial charge in [-0.3, -0.25) is 0 Å². The van der Waals surface area contributed by atoms with Crippen molar-refractivity contribution < 1.29 is 19.1 Å². The maximum atomic E-state index is 11.4. The summed E-state index contributed by atoms with van der Waals surface area (Å²) in [5.41, 5.74) is 4.51. The van der Waals surface area contributed by atoms with Gasteiger partial charge in [-0.2, -0.15) is 0 Å². The fraction of sp³-hybridized carbons (Fsp3) is 0.333. The molecule has 25 heavy (non-hydrogen) atoms. The normalized spacial score (nSPS) is 10.2. The molecule has 2 N–H and O–H groups in total. The number of ether oxygens (including phenoxy) is 2. The summed E-state index contributed by atoms with van der Waals surface area (Å²) in [6, 6.07) is 9.84. The molecule has 0 bridgehead atoms. The molecule has 7 heteroatoms. The van der Waals surface area contributed by atoms with Crippen LogP contribution >= 0.6 is 0 Å². The van der Waals surface area contributed by atoms with Gasteiger partial charge in [0, 0.05) is 42.3 Å². The molecular formula is C18H23N3O4. The summed E-state index contributed by atoms with van der Waals surface area (Å²) in [6.07, 6.45) is -1.02. The minimum Gasteiger partial charge on any atom is -0.445 e. The number of carbonyl (C=O) groups excluding carboxylic acids is 2. The van der Waals surface area contributed by atoms with E-state index in [1.165, 1.54) is 14.1 Å². The predicted octanol–water partition coefficient (Wildman–Crippen LogP) is 2.81. The maximum absolute atomic E-state index is 11.4. The van der Waals surface area contributed by atoms with Gasteiger partial charge >= 0.3 is 12.2 Å². The lowest BCUT2D eigenvalue weighted by atomic mass is 10.1. The highest BCUT2D eigenvalue weighted by Gasteiger charge is 2.20. The number of carbonyl (C=O) groups is 2. The van der Waals surface area contributed by atoms with Crippen LogP contribution in [0.4, 0.5) is 9.59 Å². The van der Waals surface area contributed by atoms with E-state index >= 15 is 0 Å². The molecule has 0 saturated carbocycles. The first-order valence-corrected chi connectivity index (χ1v) is 7.93. The van der Waals surface area contributed by atoms with Crippen LogP contribution in [-0.4, -0.2) is 30.8 Å². The zero-order chi connectivity index (χ0) is 18.4. The summed E-state index contributed by atoms with van der Waals surface area (Å²) < 4.78 is 12.5. The summed E-state index contributed by atoms with van der Waals surface area (Å²) in [7, 11) is 3.01. The van der Waals surface area contributed by atoms with Crippen LogP contribution in [0.1, 0.15) is 22.5 Å². The number of nitrogens with zero attached hydrogens (tertiary/aromatic N) is 1. The minimum atomic E-state index is -0.511. The monoisotopic (exact) mass is 345 g/mol. The maximum Gasteiger partial charge on any atom is 0.407 e. The van der Waals surface area contributed by atoms with Gasteiger partial charge in [0.25, 0.3) is 0 Å². The van der Waals surface area contributed by atoms with Gasteiger partial charge in [0.15, 0.2) is 0 Å². The van der Waals surface area contributed by atoms with E-state index in [0.717, 1.165) is 28.2 Å². The molecule has 0 spiro atoms. The number of amides is 2. The summed E-state index contributed by atoms with van der Waals surface area (Å²) >= 11 is 0. The topological polar surface area (TPSA) is 81.6 Å². The zero-order valence-electron chi connectivity index (χ0n) is 14.9. The number of aromatic nitrogens is 1. The van der Waals surface area contributed by atoms with Crippen molar-refractivity contribution in [2.45, 2.75) is 27.1 Å². The highest BCUT2D eigenvalue weighted by atomic mass is 16.6. The second-order valence-electron chi connectivity index (χ2n) is 5.45. The van der Waals surface area contributed by atoms with Crippen LogP contribution in [0.15, 0.2) is 30.3 Å². The Labute approximate surface area is 146 Å². The van der Waals surface area contributed by atoms with Crippen molar-refractivity contribution in [3.05, 3.63) is 52.8 Å². The smallest absolute Gasteiger partial charge is 0.407 e. The molecule has 2 rings (SSSR count). The molecule has 1 aromatic heterocycles. The Balaban J connectivity index is 2.43. The van der Waals surface area contributed by atoms with Crippen LogP contribution in [0.25, 0.3) is 5.69 Å². The van der Waals surface area contributed by atoms with Gasteiger partial charge in [-0.15, -0.1) is 0 Å². The second-order valence-corrected chi connectivity index (χ2v) is 5.45. The zero-order valence-corrected chi connectivity index (χ0v) is 14.9. The lowest BCUT2D eigenvalue weighted by molar-refractivity contribution is 0.134. The van der Waals surface area contributed by atoms with E-state index in [0.29, 0.717) is 0 Å². The Kier molecular flexibility index (Phi) is 6.05. The van der Waals surface area contributed by atoms with Gasteiger partial charge in [-0.25, -0.2) is 9.59 Å². The molecular weight excluding hydrogens is 322 g/mol. The van der Waals surface area contributed by atoms with Crippen LogP contribution in [0, 0.1) is 13.8 Å². The molecule has 0 saturated heterocycles. The second kappa shape index (κ2) is 8.23. The Hall–Kier alpha value is -2.96. The van der Waals surface area contributed by atoms with Gasteiger partial charge in [0.05, 0.1) is 0 Å². The van der Waals surface area contributed by atoms with Gasteiger partial charge in [0.2, 0.25) is 0 Å². The Bertz CT molecular complexity index is 710. The third kappa shape index (κ3) is 4.12. The number of nitrogens with one attached hydrogen (secondary N) is 2. The van der Waals surface area contributed by atoms with Gasteiger partial charge in [0.1, 0.15) is 13.2 Å². The first-order valence-electron chi connectivity index (χ1n) is 7.93. The summed E-state index contributed by atoms with van der Waals surface area (Å²) in [4.78, 5) is 22.9.